The van der Waals surface area contributed by atoms with Crippen LogP contribution in [0.4, 0.5) is 5.82 Å². The molecule has 12 heteroatoms. The van der Waals surface area contributed by atoms with Crippen LogP contribution >= 0.6 is 12.4 Å². The highest BCUT2D eigenvalue weighted by molar-refractivity contribution is 7.92. The number of halogens is 1. The number of hydrogen-bond acceptors (Lipinski definition) is 8. The molecule has 10 nitrogen and oxygen atoms in total. The maximum Gasteiger partial charge on any atom is 0.266 e. The van der Waals surface area contributed by atoms with E-state index >= 15 is 0 Å². The van der Waals surface area contributed by atoms with Gasteiger partial charge in [0.2, 0.25) is 0 Å². The minimum absolute atomic E-state index is 0. The highest BCUT2D eigenvalue weighted by atomic mass is 35.5. The van der Waals surface area contributed by atoms with Crippen LogP contribution in [0, 0.1) is 0 Å². The van der Waals surface area contributed by atoms with E-state index in [1.807, 2.05) is 6.20 Å². The fourth-order valence-electron chi connectivity index (χ4n) is 4.30. The number of hydrogen-bond donors (Lipinski definition) is 2. The van der Waals surface area contributed by atoms with Crippen LogP contribution in [-0.4, -0.2) is 37.6 Å². The number of fused-ring (bicyclic) bond motifs is 2. The highest BCUT2D eigenvalue weighted by Crippen LogP contribution is 2.36. The van der Waals surface area contributed by atoms with E-state index in [0.717, 1.165) is 41.5 Å². The number of anilines is 1. The Labute approximate surface area is 208 Å². The monoisotopic (exact) mass is 519 g/mol. The lowest BCUT2D eigenvalue weighted by atomic mass is 10.1. The molecule has 0 saturated heterocycles. The summed E-state index contributed by atoms with van der Waals surface area (Å²) in [5.41, 5.74) is 9.94. The molecule has 3 N–H and O–H groups in total. The fourth-order valence-corrected chi connectivity index (χ4v) is 5.51. The van der Waals surface area contributed by atoms with Crippen LogP contribution in [0.2, 0.25) is 0 Å². The van der Waals surface area contributed by atoms with Crippen molar-refractivity contribution in [1.29, 1.82) is 0 Å². The molecule has 0 atom stereocenters. The Morgan fingerprint density at radius 3 is 2.54 bits per heavy atom. The third-order valence-electron chi connectivity index (χ3n) is 6.03. The molecule has 1 aliphatic carbocycles. The highest BCUT2D eigenvalue weighted by Gasteiger charge is 2.26. The predicted molar refractivity (Wildman–Crippen MR) is 133 cm³/mol. The summed E-state index contributed by atoms with van der Waals surface area (Å²) in [6.07, 6.45) is 6.32. The molecule has 0 bridgehead atoms. The summed E-state index contributed by atoms with van der Waals surface area (Å²) >= 11 is 0. The minimum Gasteiger partial charge on any atom is -0.496 e. The Hall–Kier alpha value is -3.28. The third-order valence-corrected chi connectivity index (χ3v) is 7.39. The van der Waals surface area contributed by atoms with Gasteiger partial charge in [0.25, 0.3) is 10.0 Å². The third kappa shape index (κ3) is 4.66. The average molecular weight is 520 g/mol. The number of aryl methyl sites for hydroxylation is 2. The zero-order valence-corrected chi connectivity index (χ0v) is 20.9. The Kier molecular flexibility index (Phi) is 6.93. The van der Waals surface area contributed by atoms with Crippen LogP contribution in [-0.2, 0) is 36.0 Å². The van der Waals surface area contributed by atoms with Crippen molar-refractivity contribution >= 4 is 39.2 Å². The second kappa shape index (κ2) is 9.76. The van der Waals surface area contributed by atoms with E-state index in [1.165, 1.54) is 7.11 Å². The first kappa shape index (κ1) is 24.8. The molecule has 2 heterocycles. The standard InChI is InChI=1S/C23H25N5O5S.ClH/c1-31-19-9-18-20(7-17(19)13-28-12-14(10-24)11-25-28)33-26-23(18)27-34(29,30)22-8-16-5-3-4-15(16)6-21(22)32-2;/h6-9,11-12H,3-5,10,13,24H2,1-2H3,(H,26,27);1H. The first-order valence-electron chi connectivity index (χ1n) is 10.8. The van der Waals surface area contributed by atoms with Crippen LogP contribution in [0.3, 0.4) is 0 Å². The topological polar surface area (TPSA) is 134 Å². The molecule has 0 radical (unpaired) electrons. The van der Waals surface area contributed by atoms with Crippen LogP contribution < -0.4 is 19.9 Å². The first-order valence-corrected chi connectivity index (χ1v) is 12.3. The summed E-state index contributed by atoms with van der Waals surface area (Å²) in [6, 6.07) is 6.95. The average Bonchev–Trinajstić information content (AvgIpc) is 3.57. The number of ether oxygens (including phenoxy) is 2. The van der Waals surface area contributed by atoms with Crippen molar-refractivity contribution < 1.29 is 22.4 Å². The van der Waals surface area contributed by atoms with E-state index in [1.54, 1.807) is 42.3 Å². The van der Waals surface area contributed by atoms with Crippen molar-refractivity contribution in [2.24, 2.45) is 5.73 Å². The van der Waals surface area contributed by atoms with Gasteiger partial charge in [-0.1, -0.05) is 5.16 Å². The van der Waals surface area contributed by atoms with Crippen molar-refractivity contribution in [3.63, 3.8) is 0 Å². The summed E-state index contributed by atoms with van der Waals surface area (Å²) < 4.78 is 47.3. The van der Waals surface area contributed by atoms with Gasteiger partial charge in [0, 0.05) is 23.9 Å². The van der Waals surface area contributed by atoms with Gasteiger partial charge in [-0.15, -0.1) is 12.4 Å². The summed E-state index contributed by atoms with van der Waals surface area (Å²) in [4.78, 5) is 0.0739. The van der Waals surface area contributed by atoms with E-state index < -0.39 is 10.0 Å². The molecule has 0 amide bonds. The number of benzene rings is 2. The Bertz CT molecular complexity index is 1480. The largest absolute Gasteiger partial charge is 0.496 e. The van der Waals surface area contributed by atoms with Crippen molar-refractivity contribution in [1.82, 2.24) is 14.9 Å². The Morgan fingerprint density at radius 2 is 1.86 bits per heavy atom. The van der Waals surface area contributed by atoms with Crippen LogP contribution in [0.1, 0.15) is 28.7 Å². The number of rotatable bonds is 8. The van der Waals surface area contributed by atoms with Gasteiger partial charge in [0.1, 0.15) is 16.4 Å². The van der Waals surface area contributed by atoms with Gasteiger partial charge < -0.3 is 19.7 Å². The quantitative estimate of drug-likeness (QED) is 0.362. The van der Waals surface area contributed by atoms with Gasteiger partial charge >= 0.3 is 0 Å². The number of aromatic nitrogens is 3. The molecule has 0 aliphatic heterocycles. The molecule has 35 heavy (non-hydrogen) atoms. The lowest BCUT2D eigenvalue weighted by Gasteiger charge is -2.13. The lowest BCUT2D eigenvalue weighted by Crippen LogP contribution is -2.15. The van der Waals surface area contributed by atoms with Gasteiger partial charge in [-0.05, 0) is 54.7 Å². The Morgan fingerprint density at radius 1 is 1.11 bits per heavy atom. The molecule has 0 unspecified atom stereocenters. The fraction of sp³-hybridized carbons (Fsp3) is 0.304. The summed E-state index contributed by atoms with van der Waals surface area (Å²) in [5.74, 6) is 0.930. The molecule has 4 aromatic rings. The molecule has 2 aromatic carbocycles. The van der Waals surface area contributed by atoms with Gasteiger partial charge in [0.05, 0.1) is 32.3 Å². The zero-order valence-electron chi connectivity index (χ0n) is 19.3. The normalized spacial score (nSPS) is 12.9. The van der Waals surface area contributed by atoms with Crippen molar-refractivity contribution in [2.75, 3.05) is 18.9 Å². The zero-order chi connectivity index (χ0) is 23.9. The first-order chi connectivity index (χ1) is 16.4. The van der Waals surface area contributed by atoms with Gasteiger partial charge in [-0.3, -0.25) is 9.40 Å². The number of sulfonamides is 1. The van der Waals surface area contributed by atoms with Gasteiger partial charge in [-0.25, -0.2) is 8.42 Å². The number of nitrogens with two attached hydrogens (primary N) is 1. The minimum atomic E-state index is -3.98. The van der Waals surface area contributed by atoms with Gasteiger partial charge in [-0.2, -0.15) is 5.10 Å². The molecular formula is C23H26ClN5O5S. The predicted octanol–water partition coefficient (Wildman–Crippen LogP) is 3.26. The molecule has 186 valence electrons. The van der Waals surface area contributed by atoms with E-state index in [0.29, 0.717) is 35.6 Å². The molecule has 0 spiro atoms. The van der Waals surface area contributed by atoms with Gasteiger partial charge in [0.15, 0.2) is 11.4 Å². The Balaban J connectivity index is 0.00000289. The second-order valence-electron chi connectivity index (χ2n) is 8.17. The lowest BCUT2D eigenvalue weighted by molar-refractivity contribution is 0.402. The molecular weight excluding hydrogens is 494 g/mol. The van der Waals surface area contributed by atoms with E-state index in [9.17, 15) is 8.42 Å². The summed E-state index contributed by atoms with van der Waals surface area (Å²) in [5, 5.41) is 8.75. The maximum absolute atomic E-state index is 13.3. The second-order valence-corrected chi connectivity index (χ2v) is 9.82. The van der Waals surface area contributed by atoms with Crippen LogP contribution in [0.15, 0.2) is 46.1 Å². The molecule has 5 rings (SSSR count). The van der Waals surface area contributed by atoms with Crippen LogP contribution in [0.25, 0.3) is 11.0 Å². The van der Waals surface area contributed by atoms with Crippen molar-refractivity contribution in [2.45, 2.75) is 37.2 Å². The van der Waals surface area contributed by atoms with Crippen molar-refractivity contribution in [3.8, 4) is 11.5 Å². The molecule has 2 aromatic heterocycles. The summed E-state index contributed by atoms with van der Waals surface area (Å²) in [6.45, 7) is 0.823. The maximum atomic E-state index is 13.3. The van der Waals surface area contributed by atoms with E-state index in [-0.39, 0.29) is 23.1 Å². The number of nitrogens with zero attached hydrogens (tertiary/aromatic N) is 3. The van der Waals surface area contributed by atoms with E-state index in [2.05, 4.69) is 15.0 Å². The molecule has 0 fully saturated rings. The smallest absolute Gasteiger partial charge is 0.266 e. The summed E-state index contributed by atoms with van der Waals surface area (Å²) in [7, 11) is -0.972. The SMILES string of the molecule is COc1cc2c(NS(=O)(=O)c3cc4c(cc3OC)CCC4)noc2cc1Cn1cc(CN)cn1.Cl. The number of methoxy groups -OCH3 is 2. The van der Waals surface area contributed by atoms with E-state index in [4.69, 9.17) is 19.7 Å². The van der Waals surface area contributed by atoms with Crippen molar-refractivity contribution in [3.05, 3.63) is 58.9 Å². The molecule has 1 aliphatic rings. The van der Waals surface area contributed by atoms with Crippen LogP contribution in [0.5, 0.6) is 11.5 Å². The molecule has 0 saturated carbocycles. The number of nitrogens with one attached hydrogen (secondary N) is 1.